The first-order valence-electron chi connectivity index (χ1n) is 6.31. The third-order valence-electron chi connectivity index (χ3n) is 3.40. The van der Waals surface area contributed by atoms with Gasteiger partial charge in [0, 0.05) is 6.04 Å². The average Bonchev–Trinajstić information content (AvgIpc) is 2.77. The molecule has 102 valence electrons. The van der Waals surface area contributed by atoms with Gasteiger partial charge in [0.15, 0.2) is 0 Å². The molecule has 2 rings (SSSR count). The number of aliphatic carboxylic acids is 1. The van der Waals surface area contributed by atoms with Crippen molar-refractivity contribution >= 4 is 11.9 Å². The van der Waals surface area contributed by atoms with Crippen molar-refractivity contribution in [3.05, 3.63) is 35.6 Å². The van der Waals surface area contributed by atoms with Gasteiger partial charge in [0.1, 0.15) is 5.82 Å². The normalized spacial score (nSPS) is 22.2. The number of amides is 1. The predicted molar refractivity (Wildman–Crippen MR) is 67.0 cm³/mol. The SMILES string of the molecule is O=C(Cc1cccc(F)c1)N[C@@H]1CC[C@H](C(=O)O)C1. The van der Waals surface area contributed by atoms with Crippen molar-refractivity contribution in [3.8, 4) is 0 Å². The molecule has 0 bridgehead atoms. The van der Waals surface area contributed by atoms with E-state index < -0.39 is 5.97 Å². The Morgan fingerprint density at radius 1 is 1.37 bits per heavy atom. The van der Waals surface area contributed by atoms with Gasteiger partial charge in [-0.1, -0.05) is 12.1 Å². The molecule has 5 heteroatoms. The molecule has 1 aliphatic carbocycles. The number of nitrogens with one attached hydrogen (secondary N) is 1. The van der Waals surface area contributed by atoms with Gasteiger partial charge in [-0.3, -0.25) is 9.59 Å². The van der Waals surface area contributed by atoms with Crippen molar-refractivity contribution in [2.75, 3.05) is 0 Å². The highest BCUT2D eigenvalue weighted by molar-refractivity contribution is 5.79. The van der Waals surface area contributed by atoms with Gasteiger partial charge in [0.2, 0.25) is 5.91 Å². The number of rotatable bonds is 4. The number of benzene rings is 1. The summed E-state index contributed by atoms with van der Waals surface area (Å²) in [5.74, 6) is -1.72. The molecule has 0 saturated heterocycles. The van der Waals surface area contributed by atoms with E-state index in [4.69, 9.17) is 5.11 Å². The standard InChI is InChI=1S/C14H16FNO3/c15-11-3-1-2-9(6-11)7-13(17)16-12-5-4-10(8-12)14(18)19/h1-3,6,10,12H,4-5,7-8H2,(H,16,17)(H,18,19)/t10-,12+/m0/s1. The minimum atomic E-state index is -0.804. The first-order valence-corrected chi connectivity index (χ1v) is 6.31. The number of hydrogen-bond acceptors (Lipinski definition) is 2. The van der Waals surface area contributed by atoms with Crippen LogP contribution in [0.15, 0.2) is 24.3 Å². The van der Waals surface area contributed by atoms with E-state index in [1.54, 1.807) is 12.1 Å². The topological polar surface area (TPSA) is 66.4 Å². The van der Waals surface area contributed by atoms with Crippen LogP contribution in [0.3, 0.4) is 0 Å². The Bertz CT molecular complexity index is 489. The van der Waals surface area contributed by atoms with Crippen LogP contribution < -0.4 is 5.32 Å². The van der Waals surface area contributed by atoms with E-state index in [0.29, 0.717) is 24.8 Å². The number of carboxylic acids is 1. The number of hydrogen-bond donors (Lipinski definition) is 2. The summed E-state index contributed by atoms with van der Waals surface area (Å²) >= 11 is 0. The van der Waals surface area contributed by atoms with Crippen LogP contribution in [0.25, 0.3) is 0 Å². The lowest BCUT2D eigenvalue weighted by atomic mass is 10.1. The highest BCUT2D eigenvalue weighted by Crippen LogP contribution is 2.25. The number of carboxylic acid groups (broad SMARTS) is 1. The zero-order valence-electron chi connectivity index (χ0n) is 10.4. The van der Waals surface area contributed by atoms with Gasteiger partial charge >= 0.3 is 5.97 Å². The molecule has 1 amide bonds. The molecule has 4 nitrogen and oxygen atoms in total. The molecular weight excluding hydrogens is 249 g/mol. The lowest BCUT2D eigenvalue weighted by Crippen LogP contribution is -2.34. The molecule has 1 aromatic carbocycles. The summed E-state index contributed by atoms with van der Waals surface area (Å²) in [5.41, 5.74) is 0.616. The van der Waals surface area contributed by atoms with Gasteiger partial charge in [-0.05, 0) is 37.0 Å². The van der Waals surface area contributed by atoms with Crippen molar-refractivity contribution in [2.45, 2.75) is 31.7 Å². The lowest BCUT2D eigenvalue weighted by Gasteiger charge is -2.12. The summed E-state index contributed by atoms with van der Waals surface area (Å²) in [7, 11) is 0. The van der Waals surface area contributed by atoms with Gasteiger partial charge in [-0.2, -0.15) is 0 Å². The summed E-state index contributed by atoms with van der Waals surface area (Å²) in [6.45, 7) is 0. The number of carbonyl (C=O) groups is 2. The van der Waals surface area contributed by atoms with E-state index in [1.165, 1.54) is 12.1 Å². The Balaban J connectivity index is 1.84. The Morgan fingerprint density at radius 2 is 2.16 bits per heavy atom. The predicted octanol–water partition coefficient (Wildman–Crippen LogP) is 1.74. The molecule has 0 heterocycles. The van der Waals surface area contributed by atoms with Crippen molar-refractivity contribution in [1.29, 1.82) is 0 Å². The largest absolute Gasteiger partial charge is 0.481 e. The Kier molecular flexibility index (Phi) is 4.14. The Morgan fingerprint density at radius 3 is 2.79 bits per heavy atom. The summed E-state index contributed by atoms with van der Waals surface area (Å²) < 4.78 is 13.0. The zero-order valence-corrected chi connectivity index (χ0v) is 10.4. The lowest BCUT2D eigenvalue weighted by molar-refractivity contribution is -0.141. The molecule has 1 aromatic rings. The van der Waals surface area contributed by atoms with Gasteiger partial charge in [0.05, 0.1) is 12.3 Å². The van der Waals surface area contributed by atoms with Gasteiger partial charge in [-0.25, -0.2) is 4.39 Å². The molecule has 1 saturated carbocycles. The number of halogens is 1. The monoisotopic (exact) mass is 265 g/mol. The van der Waals surface area contributed by atoms with Crippen molar-refractivity contribution in [2.24, 2.45) is 5.92 Å². The molecule has 0 aliphatic heterocycles. The maximum Gasteiger partial charge on any atom is 0.306 e. The summed E-state index contributed by atoms with van der Waals surface area (Å²) in [5, 5.41) is 11.7. The van der Waals surface area contributed by atoms with Crippen LogP contribution >= 0.6 is 0 Å². The van der Waals surface area contributed by atoms with E-state index in [0.717, 1.165) is 0 Å². The second-order valence-corrected chi connectivity index (χ2v) is 4.92. The van der Waals surface area contributed by atoms with Gasteiger partial charge < -0.3 is 10.4 Å². The maximum absolute atomic E-state index is 13.0. The third kappa shape index (κ3) is 3.77. The second-order valence-electron chi connectivity index (χ2n) is 4.92. The van der Waals surface area contributed by atoms with E-state index in [1.807, 2.05) is 0 Å². The van der Waals surface area contributed by atoms with Crippen molar-refractivity contribution < 1.29 is 19.1 Å². The van der Waals surface area contributed by atoms with E-state index in [2.05, 4.69) is 5.32 Å². The Labute approximate surface area is 110 Å². The molecule has 0 radical (unpaired) electrons. The molecule has 1 fully saturated rings. The first kappa shape index (κ1) is 13.5. The smallest absolute Gasteiger partial charge is 0.306 e. The van der Waals surface area contributed by atoms with E-state index >= 15 is 0 Å². The Hall–Kier alpha value is -1.91. The molecule has 2 atom stereocenters. The van der Waals surface area contributed by atoms with Crippen LogP contribution in [-0.4, -0.2) is 23.0 Å². The van der Waals surface area contributed by atoms with E-state index in [-0.39, 0.29) is 30.1 Å². The molecular formula is C14H16FNO3. The molecule has 1 aliphatic rings. The maximum atomic E-state index is 13.0. The molecule has 2 N–H and O–H groups in total. The fourth-order valence-corrected chi connectivity index (χ4v) is 2.45. The fourth-order valence-electron chi connectivity index (χ4n) is 2.45. The minimum Gasteiger partial charge on any atom is -0.481 e. The number of carbonyl (C=O) groups excluding carboxylic acids is 1. The van der Waals surface area contributed by atoms with Crippen LogP contribution in [-0.2, 0) is 16.0 Å². The van der Waals surface area contributed by atoms with Crippen molar-refractivity contribution in [3.63, 3.8) is 0 Å². The third-order valence-corrected chi connectivity index (χ3v) is 3.40. The average molecular weight is 265 g/mol. The van der Waals surface area contributed by atoms with Gasteiger partial charge in [0.25, 0.3) is 0 Å². The first-order chi connectivity index (χ1) is 9.04. The zero-order chi connectivity index (χ0) is 13.8. The summed E-state index contributed by atoms with van der Waals surface area (Å²) in [6.07, 6.45) is 1.88. The molecule has 0 aromatic heterocycles. The van der Waals surface area contributed by atoms with Crippen LogP contribution in [0.1, 0.15) is 24.8 Å². The van der Waals surface area contributed by atoms with Crippen molar-refractivity contribution in [1.82, 2.24) is 5.32 Å². The second kappa shape index (κ2) is 5.82. The van der Waals surface area contributed by atoms with Gasteiger partial charge in [-0.15, -0.1) is 0 Å². The fraction of sp³-hybridized carbons (Fsp3) is 0.429. The van der Waals surface area contributed by atoms with E-state index in [9.17, 15) is 14.0 Å². The van der Waals surface area contributed by atoms with Crippen LogP contribution in [0.2, 0.25) is 0 Å². The van der Waals surface area contributed by atoms with Crippen LogP contribution in [0.5, 0.6) is 0 Å². The highest BCUT2D eigenvalue weighted by atomic mass is 19.1. The van der Waals surface area contributed by atoms with Crippen LogP contribution in [0, 0.1) is 11.7 Å². The quantitative estimate of drug-likeness (QED) is 0.871. The summed E-state index contributed by atoms with van der Waals surface area (Å²) in [4.78, 5) is 22.6. The highest BCUT2D eigenvalue weighted by Gasteiger charge is 2.30. The minimum absolute atomic E-state index is 0.0813. The molecule has 0 spiro atoms. The molecule has 19 heavy (non-hydrogen) atoms. The molecule has 0 unspecified atom stereocenters. The summed E-state index contributed by atoms with van der Waals surface area (Å²) in [6, 6.07) is 5.83. The van der Waals surface area contributed by atoms with Crippen LogP contribution in [0.4, 0.5) is 4.39 Å².